The van der Waals surface area contributed by atoms with E-state index < -0.39 is 12.6 Å². The van der Waals surface area contributed by atoms with Gasteiger partial charge in [-0.25, -0.2) is 9.78 Å². The summed E-state index contributed by atoms with van der Waals surface area (Å²) in [5.74, 6) is -0.00262. The Balaban J connectivity index is 2.08. The van der Waals surface area contributed by atoms with Gasteiger partial charge in [-0.3, -0.25) is 4.79 Å². The van der Waals surface area contributed by atoms with Gasteiger partial charge in [0.05, 0.1) is 24.2 Å². The monoisotopic (exact) mass is 551 g/mol. The van der Waals surface area contributed by atoms with E-state index in [1.165, 1.54) is 18.0 Å². The third-order valence-corrected chi connectivity index (χ3v) is 5.48. The Morgan fingerprint density at radius 2 is 2.00 bits per heavy atom. The molecule has 1 aromatic heterocycles. The van der Waals surface area contributed by atoms with E-state index in [0.717, 1.165) is 4.47 Å². The van der Waals surface area contributed by atoms with Crippen molar-refractivity contribution >= 4 is 54.9 Å². The van der Waals surface area contributed by atoms with Gasteiger partial charge in [-0.2, -0.15) is 9.78 Å². The molecule has 1 heterocycles. The molecule has 3 aromatic rings. The SMILES string of the molecule is COc1cc(C=Nn2c(C(C)C)nc3ccc(Br)cc3c2=O)c(Br)cc1OCC(=O)O. The van der Waals surface area contributed by atoms with Crippen LogP contribution >= 0.6 is 31.9 Å². The molecule has 0 aliphatic heterocycles. The number of aliphatic carboxylic acids is 1. The average Bonchev–Trinajstić information content (AvgIpc) is 2.72. The standard InChI is InChI=1S/C21H19Br2N3O5/c1-11(2)20-25-16-5-4-13(22)7-14(16)21(29)26(20)24-9-12-6-17(30-3)18(8-15(12)23)31-10-19(27)28/h4-9,11H,10H2,1-3H3,(H,27,28). The summed E-state index contributed by atoms with van der Waals surface area (Å²) in [5.41, 5.74) is 0.928. The van der Waals surface area contributed by atoms with Crippen LogP contribution in [0.25, 0.3) is 10.9 Å². The molecule has 10 heteroatoms. The summed E-state index contributed by atoms with van der Waals surface area (Å²) in [4.78, 5) is 28.5. The van der Waals surface area contributed by atoms with Crippen molar-refractivity contribution < 1.29 is 19.4 Å². The average molecular weight is 553 g/mol. The second kappa shape index (κ2) is 9.61. The molecule has 0 saturated carbocycles. The van der Waals surface area contributed by atoms with E-state index in [0.29, 0.717) is 32.5 Å². The van der Waals surface area contributed by atoms with Gasteiger partial charge < -0.3 is 14.6 Å². The zero-order chi connectivity index (χ0) is 22.7. The van der Waals surface area contributed by atoms with Crippen molar-refractivity contribution in [2.24, 2.45) is 5.10 Å². The number of nitrogens with zero attached hydrogens (tertiary/aromatic N) is 3. The largest absolute Gasteiger partial charge is 0.493 e. The van der Waals surface area contributed by atoms with E-state index in [1.54, 1.807) is 24.3 Å². The fraction of sp³-hybridized carbons (Fsp3) is 0.238. The first kappa shape index (κ1) is 23.0. The number of carboxylic acid groups (broad SMARTS) is 1. The van der Waals surface area contributed by atoms with E-state index in [2.05, 4.69) is 41.9 Å². The molecular formula is C21H19Br2N3O5. The van der Waals surface area contributed by atoms with Crippen molar-refractivity contribution in [1.29, 1.82) is 0 Å². The van der Waals surface area contributed by atoms with E-state index >= 15 is 0 Å². The molecule has 2 aromatic carbocycles. The first-order valence-electron chi connectivity index (χ1n) is 9.20. The molecule has 0 unspecified atom stereocenters. The number of carbonyl (C=O) groups is 1. The van der Waals surface area contributed by atoms with Crippen LogP contribution in [0.4, 0.5) is 0 Å². The van der Waals surface area contributed by atoms with Crippen molar-refractivity contribution in [2.45, 2.75) is 19.8 Å². The van der Waals surface area contributed by atoms with Crippen molar-refractivity contribution in [2.75, 3.05) is 13.7 Å². The molecule has 0 amide bonds. The highest BCUT2D eigenvalue weighted by Crippen LogP contribution is 2.33. The van der Waals surface area contributed by atoms with Crippen LogP contribution in [0.1, 0.15) is 31.2 Å². The predicted octanol–water partition coefficient (Wildman–Crippen LogP) is 4.40. The molecular weight excluding hydrogens is 534 g/mol. The van der Waals surface area contributed by atoms with E-state index in [1.807, 2.05) is 19.9 Å². The molecule has 0 aliphatic carbocycles. The normalized spacial score (nSPS) is 11.4. The molecule has 0 radical (unpaired) electrons. The topological polar surface area (TPSA) is 103 Å². The molecule has 3 rings (SSSR count). The van der Waals surface area contributed by atoms with Crippen molar-refractivity contribution in [3.63, 3.8) is 0 Å². The third-order valence-electron chi connectivity index (χ3n) is 4.30. The molecule has 0 spiro atoms. The van der Waals surface area contributed by atoms with Gasteiger partial charge in [0.1, 0.15) is 5.82 Å². The number of hydrogen-bond acceptors (Lipinski definition) is 6. The number of methoxy groups -OCH3 is 1. The molecule has 162 valence electrons. The number of hydrogen-bond donors (Lipinski definition) is 1. The second-order valence-electron chi connectivity index (χ2n) is 6.85. The molecule has 0 atom stereocenters. The van der Waals surface area contributed by atoms with Crippen molar-refractivity contribution in [1.82, 2.24) is 9.66 Å². The van der Waals surface area contributed by atoms with Crippen molar-refractivity contribution in [3.8, 4) is 11.5 Å². The van der Waals surface area contributed by atoms with E-state index in [4.69, 9.17) is 14.6 Å². The van der Waals surface area contributed by atoms with Gasteiger partial charge >= 0.3 is 5.97 Å². The summed E-state index contributed by atoms with van der Waals surface area (Å²) in [6.45, 7) is 3.37. The van der Waals surface area contributed by atoms with Crippen LogP contribution in [-0.4, -0.2) is 40.7 Å². The number of rotatable bonds is 7. The Morgan fingerprint density at radius 3 is 2.65 bits per heavy atom. The maximum absolute atomic E-state index is 13.1. The summed E-state index contributed by atoms with van der Waals surface area (Å²) in [6.07, 6.45) is 1.51. The molecule has 0 aliphatic rings. The van der Waals surface area contributed by atoms with E-state index in [9.17, 15) is 9.59 Å². The number of fused-ring (bicyclic) bond motifs is 1. The minimum absolute atomic E-state index is 0.0392. The minimum Gasteiger partial charge on any atom is -0.493 e. The fourth-order valence-electron chi connectivity index (χ4n) is 2.83. The van der Waals surface area contributed by atoms with Crippen LogP contribution < -0.4 is 15.0 Å². The number of halogens is 2. The fourth-order valence-corrected chi connectivity index (χ4v) is 3.62. The lowest BCUT2D eigenvalue weighted by molar-refractivity contribution is -0.139. The lowest BCUT2D eigenvalue weighted by Crippen LogP contribution is -2.23. The molecule has 0 saturated heterocycles. The lowest BCUT2D eigenvalue weighted by Gasteiger charge is -2.13. The third kappa shape index (κ3) is 5.13. The zero-order valence-corrected chi connectivity index (χ0v) is 20.1. The van der Waals surface area contributed by atoms with Crippen LogP contribution in [0.3, 0.4) is 0 Å². The Labute approximate surface area is 194 Å². The summed E-state index contributed by atoms with van der Waals surface area (Å²) < 4.78 is 13.2. The van der Waals surface area contributed by atoms with E-state index in [-0.39, 0.29) is 17.2 Å². The highest BCUT2D eigenvalue weighted by atomic mass is 79.9. The van der Waals surface area contributed by atoms with Gasteiger partial charge in [-0.15, -0.1) is 0 Å². The molecule has 8 nitrogen and oxygen atoms in total. The van der Waals surface area contributed by atoms with Gasteiger partial charge in [0.15, 0.2) is 18.1 Å². The Bertz CT molecular complexity index is 1240. The maximum atomic E-state index is 13.1. The Morgan fingerprint density at radius 1 is 1.26 bits per heavy atom. The quantitative estimate of drug-likeness (QED) is 0.436. The summed E-state index contributed by atoms with van der Waals surface area (Å²) in [5, 5.41) is 13.7. The number of carboxylic acids is 1. The van der Waals surface area contributed by atoms with Crippen LogP contribution in [0, 0.1) is 0 Å². The first-order valence-corrected chi connectivity index (χ1v) is 10.8. The molecule has 0 bridgehead atoms. The van der Waals surface area contributed by atoms with Gasteiger partial charge in [-0.1, -0.05) is 29.8 Å². The zero-order valence-electron chi connectivity index (χ0n) is 16.9. The van der Waals surface area contributed by atoms with Crippen LogP contribution in [0.15, 0.2) is 49.2 Å². The highest BCUT2D eigenvalue weighted by molar-refractivity contribution is 9.10. The number of ether oxygens (including phenoxy) is 2. The van der Waals surface area contributed by atoms with Crippen LogP contribution in [0.2, 0.25) is 0 Å². The minimum atomic E-state index is -1.10. The van der Waals surface area contributed by atoms with Gasteiger partial charge in [0, 0.05) is 20.4 Å². The molecule has 0 fully saturated rings. The summed E-state index contributed by atoms with van der Waals surface area (Å²) in [6, 6.07) is 8.57. The van der Waals surface area contributed by atoms with Crippen LogP contribution in [0.5, 0.6) is 11.5 Å². The molecule has 31 heavy (non-hydrogen) atoms. The van der Waals surface area contributed by atoms with Crippen LogP contribution in [-0.2, 0) is 4.79 Å². The summed E-state index contributed by atoms with van der Waals surface area (Å²) in [7, 11) is 1.45. The highest BCUT2D eigenvalue weighted by Gasteiger charge is 2.15. The number of benzene rings is 2. The Hall–Kier alpha value is -2.72. The predicted molar refractivity (Wildman–Crippen MR) is 125 cm³/mol. The Kier molecular flexibility index (Phi) is 7.11. The first-order chi connectivity index (χ1) is 14.7. The van der Waals surface area contributed by atoms with Gasteiger partial charge in [0.25, 0.3) is 5.56 Å². The smallest absolute Gasteiger partial charge is 0.341 e. The lowest BCUT2D eigenvalue weighted by atomic mass is 10.2. The summed E-state index contributed by atoms with van der Waals surface area (Å²) >= 11 is 6.81. The maximum Gasteiger partial charge on any atom is 0.341 e. The number of aromatic nitrogens is 2. The molecule has 1 N–H and O–H groups in total. The van der Waals surface area contributed by atoms with Gasteiger partial charge in [-0.05, 0) is 46.3 Å². The van der Waals surface area contributed by atoms with Crippen molar-refractivity contribution in [3.05, 3.63) is 61.0 Å². The van der Waals surface area contributed by atoms with Gasteiger partial charge in [0.2, 0.25) is 0 Å². The second-order valence-corrected chi connectivity index (χ2v) is 8.62.